The Morgan fingerprint density at radius 2 is 2.18 bits per heavy atom. The normalized spacial score (nSPS) is 11.7. The van der Waals surface area contributed by atoms with E-state index >= 15 is 0 Å². The summed E-state index contributed by atoms with van der Waals surface area (Å²) >= 11 is 0. The van der Waals surface area contributed by atoms with E-state index in [1.165, 1.54) is 10.9 Å². The molecule has 1 heterocycles. The lowest BCUT2D eigenvalue weighted by Gasteiger charge is -2.12. The third kappa shape index (κ3) is 3.85. The minimum atomic E-state index is -0.995. The summed E-state index contributed by atoms with van der Waals surface area (Å²) < 4.78 is 6.38. The van der Waals surface area contributed by atoms with E-state index in [0.29, 0.717) is 11.6 Å². The molecule has 0 aliphatic heterocycles. The summed E-state index contributed by atoms with van der Waals surface area (Å²) in [7, 11) is 1.57. The molecule has 116 valence electrons. The predicted octanol–water partition coefficient (Wildman–Crippen LogP) is 1.72. The molecule has 0 radical (unpaired) electrons. The monoisotopic (exact) mass is 303 g/mol. The van der Waals surface area contributed by atoms with E-state index in [1.807, 2.05) is 18.2 Å². The fourth-order valence-corrected chi connectivity index (χ4v) is 1.95. The molecule has 0 saturated carbocycles. The van der Waals surface area contributed by atoms with Gasteiger partial charge in [-0.3, -0.25) is 14.3 Å². The van der Waals surface area contributed by atoms with Crippen LogP contribution >= 0.6 is 0 Å². The van der Waals surface area contributed by atoms with Gasteiger partial charge in [0.25, 0.3) is 0 Å². The fourth-order valence-electron chi connectivity index (χ4n) is 1.95. The van der Waals surface area contributed by atoms with E-state index in [1.54, 1.807) is 26.2 Å². The maximum Gasteiger partial charge on any atom is 0.325 e. The second-order valence-electron chi connectivity index (χ2n) is 4.78. The van der Waals surface area contributed by atoms with E-state index in [0.717, 1.165) is 5.56 Å². The lowest BCUT2D eigenvalue weighted by Crippen LogP contribution is -2.19. The lowest BCUT2D eigenvalue weighted by atomic mass is 10.0. The topological polar surface area (TPSA) is 93.5 Å². The van der Waals surface area contributed by atoms with Crippen LogP contribution in [-0.4, -0.2) is 33.9 Å². The number of carboxylic acid groups (broad SMARTS) is 1. The van der Waals surface area contributed by atoms with Crippen molar-refractivity contribution in [3.8, 4) is 5.75 Å². The fraction of sp³-hybridized carbons (Fsp3) is 0.267. The first-order valence-corrected chi connectivity index (χ1v) is 6.69. The van der Waals surface area contributed by atoms with Crippen LogP contribution in [0.1, 0.15) is 18.4 Å². The first-order chi connectivity index (χ1) is 10.5. The van der Waals surface area contributed by atoms with E-state index in [-0.39, 0.29) is 18.4 Å². The molecule has 0 bridgehead atoms. The summed E-state index contributed by atoms with van der Waals surface area (Å²) in [6.07, 6.45) is 1.50. The number of anilines is 1. The highest BCUT2D eigenvalue weighted by molar-refractivity contribution is 5.94. The third-order valence-electron chi connectivity index (χ3n) is 3.18. The van der Waals surface area contributed by atoms with Crippen molar-refractivity contribution in [3.05, 3.63) is 42.1 Å². The van der Waals surface area contributed by atoms with Crippen LogP contribution < -0.4 is 10.1 Å². The average molecular weight is 303 g/mol. The van der Waals surface area contributed by atoms with Crippen molar-refractivity contribution in [1.29, 1.82) is 0 Å². The van der Waals surface area contributed by atoms with E-state index in [9.17, 15) is 9.59 Å². The number of ether oxygens (including phenoxy) is 1. The Hall–Kier alpha value is -2.83. The standard InChI is InChI=1S/C15H17N3O4/c1-10(11-4-3-5-12(8-11)22-2)15(21)16-13-6-7-18(17-13)9-14(19)20/h3-8,10H,9H2,1-2H3,(H,19,20)(H,16,17,21). The Balaban J connectivity index is 2.04. The molecule has 1 unspecified atom stereocenters. The SMILES string of the molecule is COc1cccc(C(C)C(=O)Nc2ccn(CC(=O)O)n2)c1. The second-order valence-corrected chi connectivity index (χ2v) is 4.78. The first kappa shape index (κ1) is 15.6. The van der Waals surface area contributed by atoms with Crippen LogP contribution in [0.25, 0.3) is 0 Å². The Morgan fingerprint density at radius 3 is 2.86 bits per heavy atom. The molecule has 2 rings (SSSR count). The zero-order valence-electron chi connectivity index (χ0n) is 12.3. The maximum absolute atomic E-state index is 12.2. The van der Waals surface area contributed by atoms with Gasteiger partial charge in [-0.25, -0.2) is 0 Å². The van der Waals surface area contributed by atoms with Gasteiger partial charge in [0.15, 0.2) is 5.82 Å². The number of hydrogen-bond donors (Lipinski definition) is 2. The molecular formula is C15H17N3O4. The van der Waals surface area contributed by atoms with Crippen molar-refractivity contribution in [2.24, 2.45) is 0 Å². The summed E-state index contributed by atoms with van der Waals surface area (Å²) in [4.78, 5) is 22.8. The molecule has 1 aromatic carbocycles. The smallest absolute Gasteiger partial charge is 0.325 e. The number of nitrogens with zero attached hydrogens (tertiary/aromatic N) is 2. The molecule has 2 N–H and O–H groups in total. The van der Waals surface area contributed by atoms with Crippen LogP contribution in [-0.2, 0) is 16.1 Å². The number of carboxylic acids is 1. The predicted molar refractivity (Wildman–Crippen MR) is 79.9 cm³/mol. The van der Waals surface area contributed by atoms with Gasteiger partial charge >= 0.3 is 5.97 Å². The molecule has 2 aromatic rings. The summed E-state index contributed by atoms with van der Waals surface area (Å²) in [5.41, 5.74) is 0.821. The molecule has 22 heavy (non-hydrogen) atoms. The molecule has 0 fully saturated rings. The Morgan fingerprint density at radius 1 is 1.41 bits per heavy atom. The minimum absolute atomic E-state index is 0.228. The van der Waals surface area contributed by atoms with E-state index in [2.05, 4.69) is 10.4 Å². The van der Waals surface area contributed by atoms with Gasteiger partial charge in [0.05, 0.1) is 13.0 Å². The lowest BCUT2D eigenvalue weighted by molar-refractivity contribution is -0.137. The van der Waals surface area contributed by atoms with E-state index in [4.69, 9.17) is 9.84 Å². The molecule has 0 aliphatic carbocycles. The largest absolute Gasteiger partial charge is 0.497 e. The summed E-state index contributed by atoms with van der Waals surface area (Å²) in [5.74, 6) is -0.608. The van der Waals surface area contributed by atoms with Crippen molar-refractivity contribution < 1.29 is 19.4 Å². The van der Waals surface area contributed by atoms with Crippen molar-refractivity contribution in [1.82, 2.24) is 9.78 Å². The van der Waals surface area contributed by atoms with Crippen molar-refractivity contribution in [2.45, 2.75) is 19.4 Å². The number of benzene rings is 1. The molecule has 1 aromatic heterocycles. The van der Waals surface area contributed by atoms with Gasteiger partial charge in [0, 0.05) is 12.3 Å². The molecule has 0 aliphatic rings. The molecule has 7 nitrogen and oxygen atoms in total. The quantitative estimate of drug-likeness (QED) is 0.847. The highest BCUT2D eigenvalue weighted by Crippen LogP contribution is 2.21. The van der Waals surface area contributed by atoms with Gasteiger partial charge in [0.2, 0.25) is 5.91 Å². The number of aromatic nitrogens is 2. The van der Waals surface area contributed by atoms with Crippen molar-refractivity contribution in [2.75, 3.05) is 12.4 Å². The zero-order chi connectivity index (χ0) is 16.1. The number of carbonyl (C=O) groups excluding carboxylic acids is 1. The number of methoxy groups -OCH3 is 1. The molecule has 7 heteroatoms. The number of hydrogen-bond acceptors (Lipinski definition) is 4. The van der Waals surface area contributed by atoms with Gasteiger partial charge in [-0.2, -0.15) is 5.10 Å². The van der Waals surface area contributed by atoms with Gasteiger partial charge in [-0.15, -0.1) is 0 Å². The highest BCUT2D eigenvalue weighted by atomic mass is 16.5. The Kier molecular flexibility index (Phi) is 4.77. The first-order valence-electron chi connectivity index (χ1n) is 6.69. The summed E-state index contributed by atoms with van der Waals surface area (Å²) in [6, 6.07) is 8.82. The zero-order valence-corrected chi connectivity index (χ0v) is 12.3. The van der Waals surface area contributed by atoms with Crippen LogP contribution in [0.5, 0.6) is 5.75 Å². The highest BCUT2D eigenvalue weighted by Gasteiger charge is 2.17. The number of rotatable bonds is 6. The summed E-state index contributed by atoms with van der Waals surface area (Å²) in [5, 5.41) is 15.3. The molecule has 1 amide bonds. The third-order valence-corrected chi connectivity index (χ3v) is 3.18. The molecular weight excluding hydrogens is 286 g/mol. The summed E-state index contributed by atoms with van der Waals surface area (Å²) in [6.45, 7) is 1.53. The molecule has 0 saturated heterocycles. The van der Waals surface area contributed by atoms with Gasteiger partial charge in [-0.1, -0.05) is 12.1 Å². The van der Waals surface area contributed by atoms with Crippen LogP contribution in [0, 0.1) is 0 Å². The molecule has 1 atom stereocenters. The maximum atomic E-state index is 12.2. The van der Waals surface area contributed by atoms with Crippen LogP contribution in [0.15, 0.2) is 36.5 Å². The van der Waals surface area contributed by atoms with Crippen LogP contribution in [0.3, 0.4) is 0 Å². The van der Waals surface area contributed by atoms with Crippen LogP contribution in [0.4, 0.5) is 5.82 Å². The van der Waals surface area contributed by atoms with Crippen molar-refractivity contribution in [3.63, 3.8) is 0 Å². The molecule has 0 spiro atoms. The van der Waals surface area contributed by atoms with Gasteiger partial charge in [-0.05, 0) is 24.6 Å². The van der Waals surface area contributed by atoms with E-state index < -0.39 is 5.97 Å². The van der Waals surface area contributed by atoms with Crippen LogP contribution in [0.2, 0.25) is 0 Å². The minimum Gasteiger partial charge on any atom is -0.497 e. The number of carbonyl (C=O) groups is 2. The number of aliphatic carboxylic acids is 1. The average Bonchev–Trinajstić information content (AvgIpc) is 2.92. The Labute approximate surface area is 127 Å². The number of nitrogens with one attached hydrogen (secondary N) is 1. The number of amides is 1. The van der Waals surface area contributed by atoms with Gasteiger partial charge < -0.3 is 15.2 Å². The second kappa shape index (κ2) is 6.75. The Bertz CT molecular complexity index is 681. The van der Waals surface area contributed by atoms with Gasteiger partial charge in [0.1, 0.15) is 12.3 Å². The van der Waals surface area contributed by atoms with Crippen molar-refractivity contribution >= 4 is 17.7 Å².